The Bertz CT molecular complexity index is 323. The number of rotatable bonds is 5. The zero-order valence-electron chi connectivity index (χ0n) is 8.82. The van der Waals surface area contributed by atoms with Crippen LogP contribution in [-0.2, 0) is 0 Å². The molecule has 0 radical (unpaired) electrons. The van der Waals surface area contributed by atoms with E-state index in [-0.39, 0.29) is 0 Å². The lowest BCUT2D eigenvalue weighted by Gasteiger charge is -2.16. The highest BCUT2D eigenvalue weighted by molar-refractivity contribution is 5.30. The van der Waals surface area contributed by atoms with Crippen LogP contribution in [0.5, 0.6) is 5.75 Å². The molecular weight excluding hydrogens is 188 g/mol. The third-order valence-corrected chi connectivity index (χ3v) is 2.86. The minimum atomic E-state index is 0.303. The fourth-order valence-corrected chi connectivity index (χ4v) is 1.71. The lowest BCUT2D eigenvalue weighted by Crippen LogP contribution is -2.28. The first-order chi connectivity index (χ1) is 7.29. The largest absolute Gasteiger partial charge is 0.508 e. The highest BCUT2D eigenvalue weighted by Gasteiger charge is 2.22. The number of aromatic hydroxyl groups is 1. The average molecular weight is 206 g/mol. The summed E-state index contributed by atoms with van der Waals surface area (Å²) in [7, 11) is 0. The van der Waals surface area contributed by atoms with Crippen molar-refractivity contribution in [2.24, 2.45) is 5.73 Å². The molecule has 1 saturated carbocycles. The Balaban J connectivity index is 1.97. The summed E-state index contributed by atoms with van der Waals surface area (Å²) in [5.74, 6) is 0.620. The Hall–Kier alpha value is -1.06. The number of nitrogens with one attached hydrogen (secondary N) is 1. The van der Waals surface area contributed by atoms with Crippen LogP contribution in [0.25, 0.3) is 0 Å². The van der Waals surface area contributed by atoms with Crippen LogP contribution in [0.15, 0.2) is 24.3 Å². The summed E-state index contributed by atoms with van der Waals surface area (Å²) in [6, 6.07) is 8.07. The van der Waals surface area contributed by atoms with Crippen LogP contribution in [0, 0.1) is 0 Å². The highest BCUT2D eigenvalue weighted by atomic mass is 16.3. The van der Waals surface area contributed by atoms with E-state index in [9.17, 15) is 5.11 Å². The second kappa shape index (κ2) is 4.64. The standard InChI is InChI=1S/C12H18N2O/c13-7-10(8-14-11-4-5-11)9-2-1-3-12(15)6-9/h1-3,6,10-11,14-15H,4-5,7-8,13H2. The molecule has 0 heterocycles. The van der Waals surface area contributed by atoms with Gasteiger partial charge in [-0.15, -0.1) is 0 Å². The lowest BCUT2D eigenvalue weighted by molar-refractivity contribution is 0.473. The number of hydrogen-bond acceptors (Lipinski definition) is 3. The highest BCUT2D eigenvalue weighted by Crippen LogP contribution is 2.22. The zero-order chi connectivity index (χ0) is 10.7. The molecule has 1 atom stereocenters. The molecule has 3 heteroatoms. The zero-order valence-corrected chi connectivity index (χ0v) is 8.82. The molecule has 1 aromatic carbocycles. The fourth-order valence-electron chi connectivity index (χ4n) is 1.71. The Labute approximate surface area is 90.3 Å². The predicted molar refractivity (Wildman–Crippen MR) is 60.9 cm³/mol. The third-order valence-electron chi connectivity index (χ3n) is 2.86. The summed E-state index contributed by atoms with van der Waals surface area (Å²) >= 11 is 0. The van der Waals surface area contributed by atoms with Crippen LogP contribution in [0.4, 0.5) is 0 Å². The molecule has 4 N–H and O–H groups in total. The maximum atomic E-state index is 9.39. The van der Waals surface area contributed by atoms with Crippen LogP contribution in [0.3, 0.4) is 0 Å². The van der Waals surface area contributed by atoms with Crippen molar-refractivity contribution in [2.45, 2.75) is 24.8 Å². The van der Waals surface area contributed by atoms with Gasteiger partial charge in [0.15, 0.2) is 0 Å². The third kappa shape index (κ3) is 2.94. The Kier molecular flexibility index (Phi) is 3.23. The van der Waals surface area contributed by atoms with E-state index in [1.165, 1.54) is 12.8 Å². The van der Waals surface area contributed by atoms with E-state index < -0.39 is 0 Å². The second-order valence-corrected chi connectivity index (χ2v) is 4.21. The lowest BCUT2D eigenvalue weighted by atomic mass is 9.99. The summed E-state index contributed by atoms with van der Waals surface area (Å²) in [5.41, 5.74) is 6.86. The van der Waals surface area contributed by atoms with Gasteiger partial charge in [0.1, 0.15) is 5.75 Å². The second-order valence-electron chi connectivity index (χ2n) is 4.21. The van der Waals surface area contributed by atoms with Gasteiger partial charge in [-0.1, -0.05) is 12.1 Å². The molecule has 0 amide bonds. The Morgan fingerprint density at radius 3 is 2.87 bits per heavy atom. The summed E-state index contributed by atoms with van der Waals surface area (Å²) in [4.78, 5) is 0. The Morgan fingerprint density at radius 1 is 1.47 bits per heavy atom. The molecule has 1 aliphatic carbocycles. The minimum absolute atomic E-state index is 0.303. The van der Waals surface area contributed by atoms with Crippen molar-refractivity contribution in [1.29, 1.82) is 0 Å². The average Bonchev–Trinajstić information content (AvgIpc) is 3.03. The first kappa shape index (κ1) is 10.5. The van der Waals surface area contributed by atoms with E-state index in [1.54, 1.807) is 12.1 Å². The first-order valence-corrected chi connectivity index (χ1v) is 5.52. The molecule has 0 aromatic heterocycles. The molecule has 0 saturated heterocycles. The summed E-state index contributed by atoms with van der Waals surface area (Å²) in [5, 5.41) is 12.8. The van der Waals surface area contributed by atoms with Gasteiger partial charge in [-0.25, -0.2) is 0 Å². The molecule has 0 spiro atoms. The van der Waals surface area contributed by atoms with E-state index in [0.717, 1.165) is 12.1 Å². The molecule has 3 nitrogen and oxygen atoms in total. The van der Waals surface area contributed by atoms with E-state index in [2.05, 4.69) is 5.32 Å². The van der Waals surface area contributed by atoms with Crippen molar-refractivity contribution >= 4 is 0 Å². The van der Waals surface area contributed by atoms with Crippen molar-refractivity contribution in [3.63, 3.8) is 0 Å². The maximum absolute atomic E-state index is 9.39. The SMILES string of the molecule is NCC(CNC1CC1)c1cccc(O)c1. The van der Waals surface area contributed by atoms with Crippen LogP contribution in [0.1, 0.15) is 24.3 Å². The summed E-state index contributed by atoms with van der Waals surface area (Å²) in [6.07, 6.45) is 2.58. The van der Waals surface area contributed by atoms with E-state index >= 15 is 0 Å². The number of phenols is 1. The minimum Gasteiger partial charge on any atom is -0.508 e. The van der Waals surface area contributed by atoms with Crippen LogP contribution in [-0.4, -0.2) is 24.2 Å². The van der Waals surface area contributed by atoms with Gasteiger partial charge in [0, 0.05) is 25.0 Å². The molecular formula is C12H18N2O. The fraction of sp³-hybridized carbons (Fsp3) is 0.500. The van der Waals surface area contributed by atoms with Gasteiger partial charge in [-0.2, -0.15) is 0 Å². The molecule has 1 unspecified atom stereocenters. The molecule has 1 aliphatic rings. The van der Waals surface area contributed by atoms with Crippen molar-refractivity contribution in [2.75, 3.05) is 13.1 Å². The molecule has 82 valence electrons. The molecule has 0 aliphatic heterocycles. The van der Waals surface area contributed by atoms with Crippen molar-refractivity contribution in [3.05, 3.63) is 29.8 Å². The molecule has 1 aromatic rings. The molecule has 1 fully saturated rings. The Morgan fingerprint density at radius 2 is 2.27 bits per heavy atom. The van der Waals surface area contributed by atoms with Gasteiger partial charge in [0.2, 0.25) is 0 Å². The van der Waals surface area contributed by atoms with Crippen LogP contribution in [0.2, 0.25) is 0 Å². The summed E-state index contributed by atoms with van der Waals surface area (Å²) < 4.78 is 0. The number of nitrogens with two attached hydrogens (primary N) is 1. The first-order valence-electron chi connectivity index (χ1n) is 5.52. The van der Waals surface area contributed by atoms with Gasteiger partial charge in [-0.05, 0) is 30.5 Å². The van der Waals surface area contributed by atoms with Gasteiger partial charge in [0.05, 0.1) is 0 Å². The van der Waals surface area contributed by atoms with E-state index in [4.69, 9.17) is 5.73 Å². The van der Waals surface area contributed by atoms with Crippen molar-refractivity contribution in [3.8, 4) is 5.75 Å². The van der Waals surface area contributed by atoms with Gasteiger partial charge in [0.25, 0.3) is 0 Å². The predicted octanol–water partition coefficient (Wildman–Crippen LogP) is 1.19. The topological polar surface area (TPSA) is 58.3 Å². The molecule has 15 heavy (non-hydrogen) atoms. The smallest absolute Gasteiger partial charge is 0.115 e. The summed E-state index contributed by atoms with van der Waals surface area (Å²) in [6.45, 7) is 1.52. The van der Waals surface area contributed by atoms with Gasteiger partial charge < -0.3 is 16.2 Å². The number of benzene rings is 1. The number of phenolic OH excluding ortho intramolecular Hbond substituents is 1. The monoisotopic (exact) mass is 206 g/mol. The van der Waals surface area contributed by atoms with Crippen LogP contribution >= 0.6 is 0 Å². The van der Waals surface area contributed by atoms with Crippen molar-refractivity contribution < 1.29 is 5.11 Å². The van der Waals surface area contributed by atoms with Gasteiger partial charge >= 0.3 is 0 Å². The quantitative estimate of drug-likeness (QED) is 0.678. The van der Waals surface area contributed by atoms with E-state index in [1.807, 2.05) is 12.1 Å². The van der Waals surface area contributed by atoms with Crippen molar-refractivity contribution in [1.82, 2.24) is 5.32 Å². The van der Waals surface area contributed by atoms with E-state index in [0.29, 0.717) is 24.3 Å². The van der Waals surface area contributed by atoms with Gasteiger partial charge in [-0.3, -0.25) is 0 Å². The molecule has 2 rings (SSSR count). The normalized spacial score (nSPS) is 17.7. The number of hydrogen-bond donors (Lipinski definition) is 3. The maximum Gasteiger partial charge on any atom is 0.115 e. The van der Waals surface area contributed by atoms with Crippen LogP contribution < -0.4 is 11.1 Å². The molecule has 0 bridgehead atoms.